The van der Waals surface area contributed by atoms with Gasteiger partial charge in [0.2, 0.25) is 5.91 Å². The molecule has 1 N–H and O–H groups in total. The molecule has 25 heavy (non-hydrogen) atoms. The lowest BCUT2D eigenvalue weighted by Crippen LogP contribution is -2.13. The summed E-state index contributed by atoms with van der Waals surface area (Å²) in [6, 6.07) is 13.6. The van der Waals surface area contributed by atoms with Crippen molar-refractivity contribution in [2.75, 3.05) is 11.9 Å². The van der Waals surface area contributed by atoms with Crippen molar-refractivity contribution in [1.82, 2.24) is 0 Å². The first-order valence-electron chi connectivity index (χ1n) is 8.28. The van der Waals surface area contributed by atoms with Crippen LogP contribution in [0.5, 0.6) is 5.75 Å². The second-order valence-corrected chi connectivity index (χ2v) is 8.25. The van der Waals surface area contributed by atoms with E-state index in [1.165, 1.54) is 5.56 Å². The van der Waals surface area contributed by atoms with Gasteiger partial charge in [0.15, 0.2) is 0 Å². The number of ether oxygens (including phenoxy) is 1. The highest BCUT2D eigenvalue weighted by Gasteiger charge is 2.15. The van der Waals surface area contributed by atoms with E-state index >= 15 is 0 Å². The maximum absolute atomic E-state index is 12.0. The van der Waals surface area contributed by atoms with Gasteiger partial charge in [-0.15, -0.1) is 12.6 Å². The van der Waals surface area contributed by atoms with Crippen molar-refractivity contribution >= 4 is 40.2 Å². The number of carbonyl (C=O) groups excluding carboxylic acids is 1. The van der Waals surface area contributed by atoms with Crippen molar-refractivity contribution in [2.45, 2.75) is 43.9 Å². The number of anilines is 1. The van der Waals surface area contributed by atoms with Crippen LogP contribution in [0, 0.1) is 0 Å². The maximum Gasteiger partial charge on any atom is 0.224 e. The van der Waals surface area contributed by atoms with Crippen molar-refractivity contribution in [1.29, 1.82) is 0 Å². The molecule has 2 aromatic carbocycles. The Hall–Kier alpha value is -1.46. The van der Waals surface area contributed by atoms with Gasteiger partial charge in [-0.2, -0.15) is 0 Å². The Bertz CT molecular complexity index is 741. The van der Waals surface area contributed by atoms with Crippen LogP contribution >= 0.6 is 28.6 Å². The number of benzene rings is 2. The first-order valence-corrected chi connectivity index (χ1v) is 9.52. The Morgan fingerprint density at radius 3 is 2.56 bits per heavy atom. The molecule has 0 heterocycles. The Morgan fingerprint density at radius 2 is 1.92 bits per heavy atom. The quantitative estimate of drug-likeness (QED) is 0.454. The number of amides is 1. The number of hydrogen-bond acceptors (Lipinski definition) is 3. The molecule has 0 aliphatic rings. The van der Waals surface area contributed by atoms with Gasteiger partial charge in [0.1, 0.15) is 5.75 Å². The Balaban J connectivity index is 1.79. The zero-order valence-electron chi connectivity index (χ0n) is 14.8. The van der Waals surface area contributed by atoms with Crippen LogP contribution in [0.2, 0.25) is 0 Å². The number of hydrogen-bond donors (Lipinski definition) is 2. The van der Waals surface area contributed by atoms with Crippen LogP contribution < -0.4 is 10.1 Å². The fourth-order valence-corrected chi connectivity index (χ4v) is 3.00. The van der Waals surface area contributed by atoms with Crippen LogP contribution in [0.15, 0.2) is 51.8 Å². The van der Waals surface area contributed by atoms with E-state index in [2.05, 4.69) is 66.8 Å². The smallest absolute Gasteiger partial charge is 0.224 e. The number of halogens is 1. The molecule has 0 radical (unpaired) electrons. The van der Waals surface area contributed by atoms with E-state index in [9.17, 15) is 4.79 Å². The van der Waals surface area contributed by atoms with Gasteiger partial charge in [0.05, 0.1) is 16.8 Å². The molecule has 134 valence electrons. The summed E-state index contributed by atoms with van der Waals surface area (Å²) in [5, 5.41) is 2.86. The summed E-state index contributed by atoms with van der Waals surface area (Å²) < 4.78 is 6.73. The summed E-state index contributed by atoms with van der Waals surface area (Å²) in [6.07, 6.45) is 1.05. The fourth-order valence-electron chi connectivity index (χ4n) is 2.29. The van der Waals surface area contributed by atoms with E-state index in [4.69, 9.17) is 4.74 Å². The average Bonchev–Trinajstić information content (AvgIpc) is 2.54. The summed E-state index contributed by atoms with van der Waals surface area (Å²) in [7, 11) is 0. The third kappa shape index (κ3) is 6.08. The maximum atomic E-state index is 12.0. The summed E-state index contributed by atoms with van der Waals surface area (Å²) in [5.41, 5.74) is 2.08. The van der Waals surface area contributed by atoms with E-state index in [1.807, 2.05) is 30.3 Å². The van der Waals surface area contributed by atoms with Crippen LogP contribution in [0.4, 0.5) is 5.69 Å². The molecular formula is C20H24BrNO2S. The number of nitrogens with one attached hydrogen (secondary N) is 1. The number of thiol groups is 1. The molecule has 0 aliphatic heterocycles. The van der Waals surface area contributed by atoms with Crippen LogP contribution in [0.25, 0.3) is 0 Å². The van der Waals surface area contributed by atoms with Crippen molar-refractivity contribution in [3.63, 3.8) is 0 Å². The molecule has 0 fully saturated rings. The Labute approximate surface area is 163 Å². The monoisotopic (exact) mass is 421 g/mol. The minimum Gasteiger partial charge on any atom is -0.492 e. The molecule has 0 bridgehead atoms. The third-order valence-corrected chi connectivity index (χ3v) is 4.79. The third-order valence-electron chi connectivity index (χ3n) is 3.78. The van der Waals surface area contributed by atoms with Crippen LogP contribution in [-0.4, -0.2) is 12.5 Å². The second-order valence-electron chi connectivity index (χ2n) is 6.91. The lowest BCUT2D eigenvalue weighted by Gasteiger charge is -2.20. The predicted molar refractivity (Wildman–Crippen MR) is 110 cm³/mol. The van der Waals surface area contributed by atoms with Gasteiger partial charge < -0.3 is 10.1 Å². The molecule has 0 aliphatic carbocycles. The summed E-state index contributed by atoms with van der Waals surface area (Å²) in [6.45, 7) is 7.02. The molecule has 2 aromatic rings. The van der Waals surface area contributed by atoms with Crippen LogP contribution in [0.1, 0.15) is 39.2 Å². The summed E-state index contributed by atoms with van der Waals surface area (Å²) in [4.78, 5) is 12.7. The first-order chi connectivity index (χ1) is 11.8. The predicted octanol–water partition coefficient (Wildman–Crippen LogP) is 5.83. The zero-order chi connectivity index (χ0) is 18.4. The standard InChI is InChI=1S/C20H24BrNO2S/c1-20(2,3)14-10-11-17(15(21)13-14)24-12-6-9-19(23)22-16-7-4-5-8-18(16)25/h4-5,7-8,10-11,13,25H,6,9,12H2,1-3H3,(H,22,23). The van der Waals surface area contributed by atoms with Gasteiger partial charge in [-0.25, -0.2) is 0 Å². The average molecular weight is 422 g/mol. The lowest BCUT2D eigenvalue weighted by atomic mass is 9.87. The minimum absolute atomic E-state index is 0.0350. The number of carbonyl (C=O) groups is 1. The van der Waals surface area contributed by atoms with Crippen molar-refractivity contribution in [3.05, 3.63) is 52.5 Å². The highest BCUT2D eigenvalue weighted by molar-refractivity contribution is 9.10. The summed E-state index contributed by atoms with van der Waals surface area (Å²) in [5.74, 6) is 0.765. The molecule has 0 unspecified atom stereocenters. The molecule has 0 aromatic heterocycles. The molecular weight excluding hydrogens is 398 g/mol. The summed E-state index contributed by atoms with van der Waals surface area (Å²) >= 11 is 7.88. The van der Waals surface area contributed by atoms with Crippen LogP contribution in [-0.2, 0) is 10.2 Å². The van der Waals surface area contributed by atoms with Crippen molar-refractivity contribution < 1.29 is 9.53 Å². The molecule has 5 heteroatoms. The highest BCUT2D eigenvalue weighted by Crippen LogP contribution is 2.31. The number of para-hydroxylation sites is 1. The van der Waals surface area contributed by atoms with E-state index in [1.54, 1.807) is 0 Å². The Kier molecular flexibility index (Phi) is 6.96. The molecule has 1 amide bonds. The zero-order valence-corrected chi connectivity index (χ0v) is 17.3. The molecule has 3 nitrogen and oxygen atoms in total. The molecule has 0 atom stereocenters. The van der Waals surface area contributed by atoms with Gasteiger partial charge in [-0.3, -0.25) is 4.79 Å². The fraction of sp³-hybridized carbons (Fsp3) is 0.350. The van der Waals surface area contributed by atoms with E-state index in [-0.39, 0.29) is 11.3 Å². The van der Waals surface area contributed by atoms with Crippen LogP contribution in [0.3, 0.4) is 0 Å². The Morgan fingerprint density at radius 1 is 1.20 bits per heavy atom. The lowest BCUT2D eigenvalue weighted by molar-refractivity contribution is -0.116. The van der Waals surface area contributed by atoms with Crippen molar-refractivity contribution in [2.24, 2.45) is 0 Å². The van der Waals surface area contributed by atoms with E-state index in [0.29, 0.717) is 19.4 Å². The van der Waals surface area contributed by atoms with Crippen molar-refractivity contribution in [3.8, 4) is 5.75 Å². The van der Waals surface area contributed by atoms with Gasteiger partial charge in [-0.05, 0) is 57.6 Å². The molecule has 0 saturated heterocycles. The molecule has 2 rings (SSSR count). The highest BCUT2D eigenvalue weighted by atomic mass is 79.9. The minimum atomic E-state index is -0.0350. The van der Waals surface area contributed by atoms with E-state index in [0.717, 1.165) is 20.8 Å². The normalized spacial score (nSPS) is 11.2. The van der Waals surface area contributed by atoms with Gasteiger partial charge >= 0.3 is 0 Å². The second kappa shape index (κ2) is 8.77. The first kappa shape index (κ1) is 19.9. The van der Waals surface area contributed by atoms with Gasteiger partial charge in [-0.1, -0.05) is 39.0 Å². The number of rotatable bonds is 6. The topological polar surface area (TPSA) is 38.3 Å². The molecule has 0 saturated carbocycles. The van der Waals surface area contributed by atoms with E-state index < -0.39 is 0 Å². The van der Waals surface area contributed by atoms with Gasteiger partial charge in [0, 0.05) is 11.3 Å². The molecule has 0 spiro atoms. The largest absolute Gasteiger partial charge is 0.492 e. The van der Waals surface area contributed by atoms with Gasteiger partial charge in [0.25, 0.3) is 0 Å². The SMILES string of the molecule is CC(C)(C)c1ccc(OCCCC(=O)Nc2ccccc2S)c(Br)c1.